The van der Waals surface area contributed by atoms with Crippen LogP contribution in [0.4, 0.5) is 0 Å². The minimum Gasteiger partial charge on any atom is -0.484 e. The molecular weight excluding hydrogens is 324 g/mol. The number of benzene rings is 2. The van der Waals surface area contributed by atoms with Crippen molar-refractivity contribution in [2.24, 2.45) is 0 Å². The van der Waals surface area contributed by atoms with Crippen molar-refractivity contribution in [3.8, 4) is 5.75 Å². The summed E-state index contributed by atoms with van der Waals surface area (Å²) in [6.07, 6.45) is 0. The van der Waals surface area contributed by atoms with Crippen LogP contribution in [0, 0.1) is 0 Å². The maximum atomic E-state index is 12.3. The molecule has 2 aromatic carbocycles. The van der Waals surface area contributed by atoms with E-state index in [-0.39, 0.29) is 12.5 Å². The maximum absolute atomic E-state index is 12.3. The van der Waals surface area contributed by atoms with Crippen molar-refractivity contribution in [2.45, 2.75) is 26.3 Å². The summed E-state index contributed by atoms with van der Waals surface area (Å²) in [7, 11) is 0. The zero-order valence-electron chi connectivity index (χ0n) is 15.7. The molecule has 3 rings (SSSR count). The molecule has 0 bridgehead atoms. The molecule has 26 heavy (non-hydrogen) atoms. The molecule has 1 saturated heterocycles. The third kappa shape index (κ3) is 5.09. The first kappa shape index (κ1) is 18.5. The van der Waals surface area contributed by atoms with E-state index in [4.69, 9.17) is 4.74 Å². The van der Waals surface area contributed by atoms with Crippen LogP contribution in [-0.2, 0) is 11.3 Å². The summed E-state index contributed by atoms with van der Waals surface area (Å²) in [4.78, 5) is 16.6. The van der Waals surface area contributed by atoms with Gasteiger partial charge in [-0.2, -0.15) is 0 Å². The molecule has 138 valence electrons. The van der Waals surface area contributed by atoms with Crippen LogP contribution in [0.25, 0.3) is 0 Å². The third-order valence-corrected chi connectivity index (χ3v) is 4.88. The number of carbonyl (C=O) groups excluding carboxylic acids is 1. The molecule has 4 heteroatoms. The zero-order valence-corrected chi connectivity index (χ0v) is 15.7. The minimum atomic E-state index is 0.0646. The molecule has 0 atom stereocenters. The largest absolute Gasteiger partial charge is 0.484 e. The van der Waals surface area contributed by atoms with Gasteiger partial charge in [-0.3, -0.25) is 9.69 Å². The fourth-order valence-electron chi connectivity index (χ4n) is 3.17. The second-order valence-corrected chi connectivity index (χ2v) is 7.15. The van der Waals surface area contributed by atoms with Crippen LogP contribution in [0.1, 0.15) is 30.9 Å². The molecule has 0 aromatic heterocycles. The van der Waals surface area contributed by atoms with Gasteiger partial charge in [0, 0.05) is 32.7 Å². The fraction of sp³-hybridized carbons (Fsp3) is 0.409. The van der Waals surface area contributed by atoms with E-state index >= 15 is 0 Å². The lowest BCUT2D eigenvalue weighted by atomic mass is 10.0. The molecule has 1 aliphatic heterocycles. The number of rotatable bonds is 6. The Hall–Kier alpha value is -2.33. The Bertz CT molecular complexity index is 690. The highest BCUT2D eigenvalue weighted by molar-refractivity contribution is 5.77. The highest BCUT2D eigenvalue weighted by Gasteiger charge is 2.21. The average molecular weight is 352 g/mol. The van der Waals surface area contributed by atoms with E-state index in [1.54, 1.807) is 0 Å². The van der Waals surface area contributed by atoms with Gasteiger partial charge < -0.3 is 9.64 Å². The highest BCUT2D eigenvalue weighted by Crippen LogP contribution is 2.16. The first-order valence-electron chi connectivity index (χ1n) is 9.38. The van der Waals surface area contributed by atoms with E-state index in [1.807, 2.05) is 35.2 Å². The topological polar surface area (TPSA) is 32.8 Å². The quantitative estimate of drug-likeness (QED) is 0.797. The van der Waals surface area contributed by atoms with Gasteiger partial charge in [0.15, 0.2) is 6.61 Å². The van der Waals surface area contributed by atoms with Gasteiger partial charge in [0.25, 0.3) is 5.91 Å². The number of hydrogen-bond donors (Lipinski definition) is 0. The molecule has 0 saturated carbocycles. The fourth-order valence-corrected chi connectivity index (χ4v) is 3.17. The van der Waals surface area contributed by atoms with Gasteiger partial charge in [-0.15, -0.1) is 0 Å². The molecule has 0 unspecified atom stereocenters. The average Bonchev–Trinajstić information content (AvgIpc) is 2.68. The highest BCUT2D eigenvalue weighted by atomic mass is 16.5. The smallest absolute Gasteiger partial charge is 0.260 e. The minimum absolute atomic E-state index is 0.0646. The molecule has 0 spiro atoms. The number of ether oxygens (including phenoxy) is 1. The van der Waals surface area contributed by atoms with E-state index in [2.05, 4.69) is 43.0 Å². The molecule has 0 aliphatic carbocycles. The predicted octanol–water partition coefficient (Wildman–Crippen LogP) is 3.53. The van der Waals surface area contributed by atoms with E-state index < -0.39 is 0 Å². The first-order valence-corrected chi connectivity index (χ1v) is 9.38. The molecule has 1 amide bonds. The second-order valence-electron chi connectivity index (χ2n) is 7.15. The lowest BCUT2D eigenvalue weighted by Gasteiger charge is -2.34. The van der Waals surface area contributed by atoms with Gasteiger partial charge in [0.1, 0.15) is 5.75 Å². The lowest BCUT2D eigenvalue weighted by Crippen LogP contribution is -2.49. The Kier molecular flexibility index (Phi) is 6.29. The van der Waals surface area contributed by atoms with Crippen molar-refractivity contribution in [3.63, 3.8) is 0 Å². The summed E-state index contributed by atoms with van der Waals surface area (Å²) < 4.78 is 5.57. The predicted molar refractivity (Wildman–Crippen MR) is 104 cm³/mol. The molecule has 1 aliphatic rings. The summed E-state index contributed by atoms with van der Waals surface area (Å²) >= 11 is 0. The van der Waals surface area contributed by atoms with E-state index in [0.29, 0.717) is 5.92 Å². The van der Waals surface area contributed by atoms with Crippen LogP contribution in [0.15, 0.2) is 54.6 Å². The number of carbonyl (C=O) groups is 1. The van der Waals surface area contributed by atoms with E-state index in [1.165, 1.54) is 11.1 Å². The maximum Gasteiger partial charge on any atom is 0.260 e. The van der Waals surface area contributed by atoms with Crippen molar-refractivity contribution in [1.82, 2.24) is 9.80 Å². The van der Waals surface area contributed by atoms with Gasteiger partial charge in [-0.1, -0.05) is 56.3 Å². The normalized spacial score (nSPS) is 15.3. The standard InChI is InChI=1S/C22H28N2O2/c1-18(2)20-10-8-19(9-11-20)16-23-12-14-24(15-13-23)22(25)17-26-21-6-4-3-5-7-21/h3-11,18H,12-17H2,1-2H3. The molecule has 0 radical (unpaired) electrons. The van der Waals surface area contributed by atoms with Crippen molar-refractivity contribution in [3.05, 3.63) is 65.7 Å². The first-order chi connectivity index (χ1) is 12.6. The SMILES string of the molecule is CC(C)c1ccc(CN2CCN(C(=O)COc3ccccc3)CC2)cc1. The number of hydrogen-bond acceptors (Lipinski definition) is 3. The Balaban J connectivity index is 1.42. The van der Waals surface area contributed by atoms with Crippen LogP contribution in [0.5, 0.6) is 5.75 Å². The number of piperazine rings is 1. The number of para-hydroxylation sites is 1. The molecule has 4 nitrogen and oxygen atoms in total. The summed E-state index contributed by atoms with van der Waals surface area (Å²) in [6.45, 7) is 8.83. The second kappa shape index (κ2) is 8.86. The Labute approximate surface area is 156 Å². The Morgan fingerprint density at radius 2 is 1.62 bits per heavy atom. The van der Waals surface area contributed by atoms with Crippen molar-refractivity contribution in [1.29, 1.82) is 0 Å². The van der Waals surface area contributed by atoms with E-state index in [0.717, 1.165) is 38.5 Å². The van der Waals surface area contributed by atoms with Crippen LogP contribution in [0.2, 0.25) is 0 Å². The van der Waals surface area contributed by atoms with Gasteiger partial charge in [-0.25, -0.2) is 0 Å². The summed E-state index contributed by atoms with van der Waals surface area (Å²) in [6, 6.07) is 18.4. The number of amides is 1. The van der Waals surface area contributed by atoms with Crippen molar-refractivity contribution < 1.29 is 9.53 Å². The van der Waals surface area contributed by atoms with Gasteiger partial charge in [-0.05, 0) is 29.2 Å². The molecule has 1 heterocycles. The zero-order chi connectivity index (χ0) is 18.4. The summed E-state index contributed by atoms with van der Waals surface area (Å²) in [5.41, 5.74) is 2.71. The molecule has 2 aromatic rings. The monoisotopic (exact) mass is 352 g/mol. The molecular formula is C22H28N2O2. The van der Waals surface area contributed by atoms with Crippen LogP contribution >= 0.6 is 0 Å². The summed E-state index contributed by atoms with van der Waals surface area (Å²) in [5, 5.41) is 0. The van der Waals surface area contributed by atoms with Gasteiger partial charge in [0.2, 0.25) is 0 Å². The van der Waals surface area contributed by atoms with Crippen LogP contribution in [0.3, 0.4) is 0 Å². The van der Waals surface area contributed by atoms with E-state index in [9.17, 15) is 4.79 Å². The van der Waals surface area contributed by atoms with Crippen molar-refractivity contribution in [2.75, 3.05) is 32.8 Å². The van der Waals surface area contributed by atoms with Crippen LogP contribution < -0.4 is 4.74 Å². The Morgan fingerprint density at radius 1 is 0.962 bits per heavy atom. The lowest BCUT2D eigenvalue weighted by molar-refractivity contribution is -0.135. The number of nitrogens with zero attached hydrogens (tertiary/aromatic N) is 2. The van der Waals surface area contributed by atoms with Crippen LogP contribution in [-0.4, -0.2) is 48.5 Å². The van der Waals surface area contributed by atoms with Gasteiger partial charge >= 0.3 is 0 Å². The summed E-state index contributed by atoms with van der Waals surface area (Å²) in [5.74, 6) is 1.37. The molecule has 1 fully saturated rings. The Morgan fingerprint density at radius 3 is 2.23 bits per heavy atom. The van der Waals surface area contributed by atoms with Crippen molar-refractivity contribution >= 4 is 5.91 Å². The third-order valence-electron chi connectivity index (χ3n) is 4.88. The van der Waals surface area contributed by atoms with Gasteiger partial charge in [0.05, 0.1) is 0 Å². The molecule has 0 N–H and O–H groups in total.